The maximum Gasteiger partial charge on any atom is 0.255 e. The Hall–Kier alpha value is -1.68. The number of halogens is 1. The molecule has 1 atom stereocenters. The second-order valence-corrected chi connectivity index (χ2v) is 5.71. The number of benzene rings is 1. The van der Waals surface area contributed by atoms with Crippen molar-refractivity contribution in [2.45, 2.75) is 19.9 Å². The summed E-state index contributed by atoms with van der Waals surface area (Å²) in [6.45, 7) is 3.99. The first-order valence-corrected chi connectivity index (χ1v) is 7.23. The predicted octanol–water partition coefficient (Wildman–Crippen LogP) is 3.99. The van der Waals surface area contributed by atoms with Gasteiger partial charge in [-0.1, -0.05) is 11.6 Å². The molecule has 0 radical (unpaired) electrons. The quantitative estimate of drug-likeness (QED) is 0.851. The van der Waals surface area contributed by atoms with Crippen LogP contribution in [-0.2, 0) is 0 Å². The molecule has 0 aliphatic carbocycles. The van der Waals surface area contributed by atoms with Crippen LogP contribution in [-0.4, -0.2) is 22.8 Å². The summed E-state index contributed by atoms with van der Waals surface area (Å²) in [5, 5.41) is 0. The molecule has 4 heteroatoms. The average Bonchev–Trinajstić information content (AvgIpc) is 2.48. The third kappa shape index (κ3) is 3.07. The molecule has 0 N–H and O–H groups in total. The summed E-state index contributed by atoms with van der Waals surface area (Å²) < 4.78 is 0.821. The first-order valence-electron chi connectivity index (χ1n) is 6.44. The van der Waals surface area contributed by atoms with Gasteiger partial charge in [-0.05, 0) is 59.6 Å². The molecule has 1 unspecified atom stereocenters. The number of pyridine rings is 1. The lowest BCUT2D eigenvalue weighted by Gasteiger charge is -2.26. The van der Waals surface area contributed by atoms with Crippen LogP contribution in [0.1, 0.15) is 34.5 Å². The molecule has 2 rings (SSSR count). The van der Waals surface area contributed by atoms with Crippen LogP contribution in [0.2, 0.25) is 0 Å². The van der Waals surface area contributed by atoms with Crippen LogP contribution in [0.5, 0.6) is 0 Å². The van der Waals surface area contributed by atoms with Crippen LogP contribution in [0.3, 0.4) is 0 Å². The molecule has 2 aromatic rings. The lowest BCUT2D eigenvalue weighted by atomic mass is 10.1. The minimum Gasteiger partial charge on any atom is -0.335 e. The molecular weight excluding hydrogens is 316 g/mol. The SMILES string of the molecule is Cc1ccc(Br)c(C(=O)N(C)C(C)c2ccncc2)c1. The second kappa shape index (κ2) is 6.18. The summed E-state index contributed by atoms with van der Waals surface area (Å²) >= 11 is 3.45. The van der Waals surface area contributed by atoms with E-state index in [-0.39, 0.29) is 11.9 Å². The molecular formula is C16H17BrN2O. The Morgan fingerprint density at radius 2 is 1.90 bits per heavy atom. The molecule has 0 fully saturated rings. The van der Waals surface area contributed by atoms with E-state index in [1.54, 1.807) is 17.3 Å². The number of aryl methyl sites for hydroxylation is 1. The monoisotopic (exact) mass is 332 g/mol. The molecule has 0 spiro atoms. The van der Waals surface area contributed by atoms with Crippen LogP contribution < -0.4 is 0 Å². The van der Waals surface area contributed by atoms with E-state index in [1.807, 2.05) is 51.2 Å². The standard InChI is InChI=1S/C16H17BrN2O/c1-11-4-5-15(17)14(10-11)16(20)19(3)12(2)13-6-8-18-9-7-13/h4-10,12H,1-3H3. The van der Waals surface area contributed by atoms with Gasteiger partial charge in [0.1, 0.15) is 0 Å². The van der Waals surface area contributed by atoms with Gasteiger partial charge in [0.15, 0.2) is 0 Å². The van der Waals surface area contributed by atoms with Crippen molar-refractivity contribution in [3.05, 3.63) is 63.9 Å². The number of hydrogen-bond donors (Lipinski definition) is 0. The molecule has 0 aliphatic rings. The van der Waals surface area contributed by atoms with Crippen LogP contribution in [0.25, 0.3) is 0 Å². The number of hydrogen-bond acceptors (Lipinski definition) is 2. The fourth-order valence-electron chi connectivity index (χ4n) is 2.03. The molecule has 1 heterocycles. The van der Waals surface area contributed by atoms with Crippen molar-refractivity contribution in [3.63, 3.8) is 0 Å². The maximum absolute atomic E-state index is 12.6. The van der Waals surface area contributed by atoms with Gasteiger partial charge in [-0.3, -0.25) is 9.78 Å². The average molecular weight is 333 g/mol. The largest absolute Gasteiger partial charge is 0.335 e. The summed E-state index contributed by atoms with van der Waals surface area (Å²) in [5.74, 6) is 0.00453. The fourth-order valence-corrected chi connectivity index (χ4v) is 2.45. The number of rotatable bonds is 3. The minimum absolute atomic E-state index is 0.00193. The highest BCUT2D eigenvalue weighted by molar-refractivity contribution is 9.10. The zero-order chi connectivity index (χ0) is 14.7. The Labute approximate surface area is 127 Å². The molecule has 1 aromatic heterocycles. The van der Waals surface area contributed by atoms with E-state index < -0.39 is 0 Å². The van der Waals surface area contributed by atoms with Gasteiger partial charge in [0, 0.05) is 23.9 Å². The molecule has 0 saturated heterocycles. The van der Waals surface area contributed by atoms with Crippen molar-refractivity contribution in [1.82, 2.24) is 9.88 Å². The van der Waals surface area contributed by atoms with Crippen molar-refractivity contribution in [2.75, 3.05) is 7.05 Å². The summed E-state index contributed by atoms with van der Waals surface area (Å²) in [6, 6.07) is 9.65. The van der Waals surface area contributed by atoms with Crippen LogP contribution in [0, 0.1) is 6.92 Å². The Morgan fingerprint density at radius 1 is 1.25 bits per heavy atom. The van der Waals surface area contributed by atoms with Crippen molar-refractivity contribution >= 4 is 21.8 Å². The molecule has 0 aliphatic heterocycles. The molecule has 0 bridgehead atoms. The van der Waals surface area contributed by atoms with Crippen LogP contribution >= 0.6 is 15.9 Å². The van der Waals surface area contributed by atoms with Gasteiger partial charge in [-0.2, -0.15) is 0 Å². The Kier molecular flexibility index (Phi) is 4.55. The molecule has 1 aromatic carbocycles. The first-order chi connectivity index (χ1) is 9.50. The van der Waals surface area contributed by atoms with Gasteiger partial charge in [0.2, 0.25) is 0 Å². The predicted molar refractivity (Wildman–Crippen MR) is 83.6 cm³/mol. The van der Waals surface area contributed by atoms with Gasteiger partial charge in [-0.15, -0.1) is 0 Å². The molecule has 3 nitrogen and oxygen atoms in total. The minimum atomic E-state index is -0.00193. The van der Waals surface area contributed by atoms with Gasteiger partial charge >= 0.3 is 0 Å². The molecule has 20 heavy (non-hydrogen) atoms. The van der Waals surface area contributed by atoms with E-state index in [2.05, 4.69) is 20.9 Å². The number of carbonyl (C=O) groups is 1. The van der Waals surface area contributed by atoms with E-state index in [1.165, 1.54) is 0 Å². The zero-order valence-electron chi connectivity index (χ0n) is 11.8. The molecule has 1 amide bonds. The van der Waals surface area contributed by atoms with Crippen molar-refractivity contribution in [3.8, 4) is 0 Å². The summed E-state index contributed by atoms with van der Waals surface area (Å²) in [7, 11) is 1.82. The topological polar surface area (TPSA) is 33.2 Å². The lowest BCUT2D eigenvalue weighted by molar-refractivity contribution is 0.0741. The van der Waals surface area contributed by atoms with E-state index in [9.17, 15) is 4.79 Å². The third-order valence-electron chi connectivity index (χ3n) is 3.44. The van der Waals surface area contributed by atoms with Gasteiger partial charge in [0.25, 0.3) is 5.91 Å². The van der Waals surface area contributed by atoms with E-state index in [0.29, 0.717) is 5.56 Å². The highest BCUT2D eigenvalue weighted by Gasteiger charge is 2.20. The molecule has 104 valence electrons. The fraction of sp³-hybridized carbons (Fsp3) is 0.250. The smallest absolute Gasteiger partial charge is 0.255 e. The lowest BCUT2D eigenvalue weighted by Crippen LogP contribution is -2.30. The van der Waals surface area contributed by atoms with Gasteiger partial charge < -0.3 is 4.90 Å². The number of aromatic nitrogens is 1. The normalized spacial score (nSPS) is 12.0. The number of amides is 1. The summed E-state index contributed by atoms with van der Waals surface area (Å²) in [6.07, 6.45) is 3.49. The van der Waals surface area contributed by atoms with Gasteiger partial charge in [0.05, 0.1) is 11.6 Å². The van der Waals surface area contributed by atoms with Crippen molar-refractivity contribution in [1.29, 1.82) is 0 Å². The van der Waals surface area contributed by atoms with Gasteiger partial charge in [-0.25, -0.2) is 0 Å². The van der Waals surface area contributed by atoms with Crippen molar-refractivity contribution < 1.29 is 4.79 Å². The second-order valence-electron chi connectivity index (χ2n) is 4.86. The maximum atomic E-state index is 12.6. The Bertz CT molecular complexity index is 613. The van der Waals surface area contributed by atoms with Crippen molar-refractivity contribution in [2.24, 2.45) is 0 Å². The van der Waals surface area contributed by atoms with E-state index in [4.69, 9.17) is 0 Å². The third-order valence-corrected chi connectivity index (χ3v) is 4.13. The van der Waals surface area contributed by atoms with Crippen LogP contribution in [0.4, 0.5) is 0 Å². The Morgan fingerprint density at radius 3 is 2.55 bits per heavy atom. The van der Waals surface area contributed by atoms with E-state index in [0.717, 1.165) is 15.6 Å². The number of nitrogens with zero attached hydrogens (tertiary/aromatic N) is 2. The Balaban J connectivity index is 2.27. The highest BCUT2D eigenvalue weighted by Crippen LogP contribution is 2.24. The number of carbonyl (C=O) groups excluding carboxylic acids is 1. The first kappa shape index (κ1) is 14.7. The molecule has 0 saturated carbocycles. The highest BCUT2D eigenvalue weighted by atomic mass is 79.9. The summed E-state index contributed by atoms with van der Waals surface area (Å²) in [5.41, 5.74) is 2.83. The summed E-state index contributed by atoms with van der Waals surface area (Å²) in [4.78, 5) is 18.4. The van der Waals surface area contributed by atoms with Crippen LogP contribution in [0.15, 0.2) is 47.2 Å². The van der Waals surface area contributed by atoms with E-state index >= 15 is 0 Å². The zero-order valence-corrected chi connectivity index (χ0v) is 13.4.